The zero-order chi connectivity index (χ0) is 11.3. The van der Waals surface area contributed by atoms with Crippen LogP contribution in [0.2, 0.25) is 0 Å². The van der Waals surface area contributed by atoms with E-state index in [1.807, 2.05) is 11.9 Å². The predicted octanol–water partition coefficient (Wildman–Crippen LogP) is 1.49. The fourth-order valence-electron chi connectivity index (χ4n) is 2.21. The standard InChI is InChI=1S/C12H24N2O/c1-10(2)11-4-5-12(15)14(8-6-11)9-7-13-3/h10-11,13H,4-9H2,1-3H3. The van der Waals surface area contributed by atoms with Crippen LogP contribution >= 0.6 is 0 Å². The largest absolute Gasteiger partial charge is 0.341 e. The first kappa shape index (κ1) is 12.5. The van der Waals surface area contributed by atoms with Crippen molar-refractivity contribution in [1.29, 1.82) is 0 Å². The number of likely N-dealkylation sites (tertiary alicyclic amines) is 1. The molecule has 0 aromatic heterocycles. The summed E-state index contributed by atoms with van der Waals surface area (Å²) in [5.74, 6) is 1.78. The molecule has 0 spiro atoms. The molecule has 15 heavy (non-hydrogen) atoms. The normalized spacial score (nSPS) is 23.3. The smallest absolute Gasteiger partial charge is 0.222 e. The maximum Gasteiger partial charge on any atom is 0.222 e. The highest BCUT2D eigenvalue weighted by atomic mass is 16.2. The highest BCUT2D eigenvalue weighted by Gasteiger charge is 2.23. The number of nitrogens with zero attached hydrogens (tertiary/aromatic N) is 1. The molecule has 88 valence electrons. The number of likely N-dealkylation sites (N-methyl/N-ethyl adjacent to an activating group) is 1. The number of hydrogen-bond acceptors (Lipinski definition) is 2. The van der Waals surface area contributed by atoms with Gasteiger partial charge in [0.05, 0.1) is 0 Å². The van der Waals surface area contributed by atoms with Crippen molar-refractivity contribution < 1.29 is 4.79 Å². The lowest BCUT2D eigenvalue weighted by molar-refractivity contribution is -0.130. The van der Waals surface area contributed by atoms with Gasteiger partial charge in [-0.05, 0) is 31.7 Å². The van der Waals surface area contributed by atoms with Gasteiger partial charge in [-0.1, -0.05) is 13.8 Å². The second-order valence-electron chi connectivity index (χ2n) is 4.82. The molecule has 1 aliphatic heterocycles. The molecule has 1 rings (SSSR count). The van der Waals surface area contributed by atoms with Crippen molar-refractivity contribution >= 4 is 5.91 Å². The van der Waals surface area contributed by atoms with Gasteiger partial charge in [0, 0.05) is 26.1 Å². The fourth-order valence-corrected chi connectivity index (χ4v) is 2.21. The summed E-state index contributed by atoms with van der Waals surface area (Å²) in [4.78, 5) is 13.8. The van der Waals surface area contributed by atoms with E-state index in [1.165, 1.54) is 6.42 Å². The molecule has 0 radical (unpaired) electrons. The zero-order valence-corrected chi connectivity index (χ0v) is 10.3. The molecule has 0 aromatic rings. The average molecular weight is 212 g/mol. The zero-order valence-electron chi connectivity index (χ0n) is 10.3. The first-order chi connectivity index (χ1) is 7.15. The minimum atomic E-state index is 0.341. The van der Waals surface area contributed by atoms with E-state index in [0.29, 0.717) is 11.8 Å². The van der Waals surface area contributed by atoms with Crippen LogP contribution in [0.1, 0.15) is 33.1 Å². The Labute approximate surface area is 93.2 Å². The van der Waals surface area contributed by atoms with E-state index in [0.717, 1.165) is 38.4 Å². The number of nitrogens with one attached hydrogen (secondary N) is 1. The summed E-state index contributed by atoms with van der Waals surface area (Å²) in [7, 11) is 1.93. The third-order valence-electron chi connectivity index (χ3n) is 3.43. The minimum absolute atomic E-state index is 0.341. The van der Waals surface area contributed by atoms with Crippen LogP contribution in [-0.2, 0) is 4.79 Å². The summed E-state index contributed by atoms with van der Waals surface area (Å²) >= 11 is 0. The summed E-state index contributed by atoms with van der Waals surface area (Å²) in [5.41, 5.74) is 0. The Bertz CT molecular complexity index is 204. The number of rotatable bonds is 4. The Hall–Kier alpha value is -0.570. The van der Waals surface area contributed by atoms with E-state index in [2.05, 4.69) is 19.2 Å². The molecule has 0 aromatic carbocycles. The maximum atomic E-state index is 11.8. The predicted molar refractivity (Wildman–Crippen MR) is 62.7 cm³/mol. The van der Waals surface area contributed by atoms with Crippen LogP contribution in [0, 0.1) is 11.8 Å². The summed E-state index contributed by atoms with van der Waals surface area (Å²) < 4.78 is 0. The molecule has 1 aliphatic rings. The topological polar surface area (TPSA) is 32.3 Å². The van der Waals surface area contributed by atoms with Gasteiger partial charge in [0.1, 0.15) is 0 Å². The molecule has 0 saturated carbocycles. The average Bonchev–Trinajstić information content (AvgIpc) is 2.38. The van der Waals surface area contributed by atoms with Crippen molar-refractivity contribution in [3.05, 3.63) is 0 Å². The first-order valence-corrected chi connectivity index (χ1v) is 6.07. The molecule has 3 heteroatoms. The quantitative estimate of drug-likeness (QED) is 0.766. The summed E-state index contributed by atoms with van der Waals surface area (Å²) in [6.07, 6.45) is 2.99. The lowest BCUT2D eigenvalue weighted by Crippen LogP contribution is -2.35. The van der Waals surface area contributed by atoms with Crippen LogP contribution < -0.4 is 5.32 Å². The molecule has 1 amide bonds. The molecule has 1 atom stereocenters. The molecule has 1 fully saturated rings. The molecule has 1 N–H and O–H groups in total. The molecule has 0 aliphatic carbocycles. The van der Waals surface area contributed by atoms with Gasteiger partial charge in [-0.15, -0.1) is 0 Å². The van der Waals surface area contributed by atoms with Crippen LogP contribution in [0.4, 0.5) is 0 Å². The van der Waals surface area contributed by atoms with Crippen molar-refractivity contribution in [2.75, 3.05) is 26.7 Å². The Balaban J connectivity index is 2.44. The summed E-state index contributed by atoms with van der Waals surface area (Å²) in [5, 5.41) is 3.10. The van der Waals surface area contributed by atoms with Crippen LogP contribution in [0.15, 0.2) is 0 Å². The van der Waals surface area contributed by atoms with Gasteiger partial charge in [0.25, 0.3) is 0 Å². The molecule has 1 unspecified atom stereocenters. The monoisotopic (exact) mass is 212 g/mol. The van der Waals surface area contributed by atoms with Gasteiger partial charge >= 0.3 is 0 Å². The number of hydrogen-bond donors (Lipinski definition) is 1. The second-order valence-corrected chi connectivity index (χ2v) is 4.82. The summed E-state index contributed by atoms with van der Waals surface area (Å²) in [6, 6.07) is 0. The second kappa shape index (κ2) is 6.11. The van der Waals surface area contributed by atoms with Crippen LogP contribution in [0.3, 0.4) is 0 Å². The number of amides is 1. The molecule has 3 nitrogen and oxygen atoms in total. The lowest BCUT2D eigenvalue weighted by atomic mass is 9.89. The highest BCUT2D eigenvalue weighted by molar-refractivity contribution is 5.76. The van der Waals surface area contributed by atoms with E-state index >= 15 is 0 Å². The van der Waals surface area contributed by atoms with Crippen molar-refractivity contribution in [3.63, 3.8) is 0 Å². The fraction of sp³-hybridized carbons (Fsp3) is 0.917. The molecule has 0 bridgehead atoms. The van der Waals surface area contributed by atoms with Gasteiger partial charge in [-0.25, -0.2) is 0 Å². The number of carbonyl (C=O) groups excluding carboxylic acids is 1. The molecule has 1 saturated heterocycles. The molecular formula is C12H24N2O. The first-order valence-electron chi connectivity index (χ1n) is 6.07. The van der Waals surface area contributed by atoms with Crippen molar-refractivity contribution in [1.82, 2.24) is 10.2 Å². The van der Waals surface area contributed by atoms with Crippen molar-refractivity contribution in [2.45, 2.75) is 33.1 Å². The van der Waals surface area contributed by atoms with Gasteiger partial charge in [-0.3, -0.25) is 4.79 Å². The third-order valence-corrected chi connectivity index (χ3v) is 3.43. The van der Waals surface area contributed by atoms with E-state index < -0.39 is 0 Å². The van der Waals surface area contributed by atoms with Crippen molar-refractivity contribution in [2.24, 2.45) is 11.8 Å². The van der Waals surface area contributed by atoms with Crippen molar-refractivity contribution in [3.8, 4) is 0 Å². The van der Waals surface area contributed by atoms with E-state index in [1.54, 1.807) is 0 Å². The SMILES string of the molecule is CNCCN1CCC(C(C)C)CCC1=O. The van der Waals surface area contributed by atoms with Gasteiger partial charge in [-0.2, -0.15) is 0 Å². The van der Waals surface area contributed by atoms with Crippen LogP contribution in [-0.4, -0.2) is 37.5 Å². The Morgan fingerprint density at radius 1 is 1.47 bits per heavy atom. The third kappa shape index (κ3) is 3.82. The molecule has 1 heterocycles. The van der Waals surface area contributed by atoms with Crippen LogP contribution in [0.25, 0.3) is 0 Å². The van der Waals surface area contributed by atoms with E-state index in [9.17, 15) is 4.79 Å². The van der Waals surface area contributed by atoms with Gasteiger partial charge in [0.2, 0.25) is 5.91 Å². The lowest BCUT2D eigenvalue weighted by Gasteiger charge is -2.21. The summed E-state index contributed by atoms with van der Waals surface area (Å²) in [6.45, 7) is 7.23. The minimum Gasteiger partial charge on any atom is -0.341 e. The van der Waals surface area contributed by atoms with E-state index in [4.69, 9.17) is 0 Å². The van der Waals surface area contributed by atoms with Gasteiger partial charge in [0.15, 0.2) is 0 Å². The maximum absolute atomic E-state index is 11.8. The highest BCUT2D eigenvalue weighted by Crippen LogP contribution is 2.24. The Morgan fingerprint density at radius 3 is 2.80 bits per heavy atom. The van der Waals surface area contributed by atoms with E-state index in [-0.39, 0.29) is 0 Å². The Kier molecular flexibility index (Phi) is 5.09. The van der Waals surface area contributed by atoms with Gasteiger partial charge < -0.3 is 10.2 Å². The number of carbonyl (C=O) groups is 1. The Morgan fingerprint density at radius 2 is 2.20 bits per heavy atom. The van der Waals surface area contributed by atoms with Crippen LogP contribution in [0.5, 0.6) is 0 Å². The molecular weight excluding hydrogens is 188 g/mol.